The van der Waals surface area contributed by atoms with Crippen molar-refractivity contribution in [2.24, 2.45) is 5.92 Å². The van der Waals surface area contributed by atoms with Crippen LogP contribution in [0.4, 0.5) is 4.39 Å². The second kappa shape index (κ2) is 6.21. The maximum Gasteiger partial charge on any atom is 0.144 e. The lowest BCUT2D eigenvalue weighted by molar-refractivity contribution is 0.114. The highest BCUT2D eigenvalue weighted by Crippen LogP contribution is 2.20. The molecule has 0 bridgehead atoms. The van der Waals surface area contributed by atoms with Gasteiger partial charge in [-0.2, -0.15) is 0 Å². The zero-order valence-electron chi connectivity index (χ0n) is 9.71. The van der Waals surface area contributed by atoms with Gasteiger partial charge in [-0.3, -0.25) is 0 Å². The van der Waals surface area contributed by atoms with Crippen molar-refractivity contribution in [3.05, 3.63) is 34.6 Å². The van der Waals surface area contributed by atoms with Crippen LogP contribution in [0.3, 0.4) is 0 Å². The Labute approximate surface area is 101 Å². The maximum absolute atomic E-state index is 13.5. The third kappa shape index (κ3) is 3.76. The van der Waals surface area contributed by atoms with E-state index in [4.69, 9.17) is 11.6 Å². The minimum absolute atomic E-state index is 0.168. The first kappa shape index (κ1) is 13.5. The van der Waals surface area contributed by atoms with Crippen LogP contribution in [0.15, 0.2) is 18.2 Å². The Kier molecular flexibility index (Phi) is 5.23. The van der Waals surface area contributed by atoms with Crippen LogP contribution in [0.1, 0.15) is 32.3 Å². The van der Waals surface area contributed by atoms with E-state index in [1.165, 1.54) is 0 Å². The summed E-state index contributed by atoms with van der Waals surface area (Å²) in [6, 6.07) is 5.03. The molecule has 0 spiro atoms. The van der Waals surface area contributed by atoms with Crippen LogP contribution in [0.25, 0.3) is 0 Å². The summed E-state index contributed by atoms with van der Waals surface area (Å²) in [5.74, 6) is -0.0765. The van der Waals surface area contributed by atoms with Crippen molar-refractivity contribution in [3.63, 3.8) is 0 Å². The minimum atomic E-state index is -0.330. The molecule has 0 saturated heterocycles. The van der Waals surface area contributed by atoms with Gasteiger partial charge in [0, 0.05) is 0 Å². The van der Waals surface area contributed by atoms with Crippen molar-refractivity contribution in [1.29, 1.82) is 0 Å². The highest BCUT2D eigenvalue weighted by atomic mass is 35.5. The van der Waals surface area contributed by atoms with Crippen molar-refractivity contribution in [2.75, 3.05) is 0 Å². The van der Waals surface area contributed by atoms with Crippen LogP contribution in [0, 0.1) is 11.7 Å². The van der Waals surface area contributed by atoms with Gasteiger partial charge in [0.1, 0.15) is 5.82 Å². The number of hydrogen-bond acceptors (Lipinski definition) is 1. The first-order valence-corrected chi connectivity index (χ1v) is 6.01. The summed E-state index contributed by atoms with van der Waals surface area (Å²) in [6.45, 7) is 3.95. The molecule has 0 saturated carbocycles. The molecule has 90 valence electrons. The lowest BCUT2D eigenvalue weighted by Crippen LogP contribution is -2.14. The number of benzene rings is 1. The van der Waals surface area contributed by atoms with Gasteiger partial charge in [0.2, 0.25) is 0 Å². The van der Waals surface area contributed by atoms with Gasteiger partial charge < -0.3 is 5.11 Å². The molecule has 0 amide bonds. The molecule has 0 fully saturated rings. The monoisotopic (exact) mass is 244 g/mol. The first-order valence-electron chi connectivity index (χ1n) is 5.63. The smallest absolute Gasteiger partial charge is 0.144 e. The third-order valence-corrected chi connectivity index (χ3v) is 3.04. The Balaban J connectivity index is 2.46. The van der Waals surface area contributed by atoms with E-state index in [2.05, 4.69) is 0 Å². The summed E-state index contributed by atoms with van der Waals surface area (Å²) in [4.78, 5) is 0. The van der Waals surface area contributed by atoms with Crippen LogP contribution < -0.4 is 0 Å². The van der Waals surface area contributed by atoms with E-state index < -0.39 is 0 Å². The second-order valence-electron chi connectivity index (χ2n) is 4.42. The molecule has 1 nitrogen and oxygen atoms in total. The first-order chi connectivity index (χ1) is 7.52. The molecule has 1 atom stereocenters. The van der Waals surface area contributed by atoms with Gasteiger partial charge >= 0.3 is 0 Å². The van der Waals surface area contributed by atoms with Crippen LogP contribution in [0.5, 0.6) is 0 Å². The molecule has 0 aromatic heterocycles. The fourth-order valence-corrected chi connectivity index (χ4v) is 1.77. The van der Waals surface area contributed by atoms with Crippen molar-refractivity contribution in [2.45, 2.75) is 39.2 Å². The van der Waals surface area contributed by atoms with Crippen molar-refractivity contribution in [3.8, 4) is 0 Å². The molecule has 1 unspecified atom stereocenters. The Hall–Kier alpha value is -0.600. The predicted molar refractivity (Wildman–Crippen MR) is 65.2 cm³/mol. The number of halogens is 2. The lowest BCUT2D eigenvalue weighted by Gasteiger charge is -2.14. The highest BCUT2D eigenvalue weighted by molar-refractivity contribution is 6.30. The number of aliphatic hydroxyl groups excluding tert-OH is 1. The third-order valence-electron chi connectivity index (χ3n) is 2.75. The van der Waals surface area contributed by atoms with Crippen molar-refractivity contribution >= 4 is 11.6 Å². The van der Waals surface area contributed by atoms with E-state index in [0.717, 1.165) is 6.42 Å². The van der Waals surface area contributed by atoms with Crippen LogP contribution in [-0.4, -0.2) is 11.2 Å². The van der Waals surface area contributed by atoms with E-state index in [9.17, 15) is 9.50 Å². The molecule has 1 aromatic carbocycles. The van der Waals surface area contributed by atoms with E-state index in [0.29, 0.717) is 18.4 Å². The van der Waals surface area contributed by atoms with E-state index in [-0.39, 0.29) is 22.9 Å². The highest BCUT2D eigenvalue weighted by Gasteiger charge is 2.10. The van der Waals surface area contributed by atoms with Crippen molar-refractivity contribution < 1.29 is 9.50 Å². The fraction of sp³-hybridized carbons (Fsp3) is 0.538. The summed E-state index contributed by atoms with van der Waals surface area (Å²) in [6.07, 6.45) is 1.79. The largest absolute Gasteiger partial charge is 0.393 e. The Bertz CT molecular complexity index is 339. The minimum Gasteiger partial charge on any atom is -0.393 e. The fourth-order valence-electron chi connectivity index (χ4n) is 1.58. The topological polar surface area (TPSA) is 20.2 Å². The summed E-state index contributed by atoms with van der Waals surface area (Å²) >= 11 is 5.68. The molecule has 0 heterocycles. The number of aliphatic hydroxyl groups is 1. The molecule has 1 N–H and O–H groups in total. The predicted octanol–water partition coefficient (Wildman–Crippen LogP) is 3.82. The quantitative estimate of drug-likeness (QED) is 0.835. The van der Waals surface area contributed by atoms with Gasteiger partial charge in [0.15, 0.2) is 0 Å². The summed E-state index contributed by atoms with van der Waals surface area (Å²) in [7, 11) is 0. The van der Waals surface area contributed by atoms with Gasteiger partial charge in [-0.25, -0.2) is 4.39 Å². The number of hydrogen-bond donors (Lipinski definition) is 1. The Morgan fingerprint density at radius 2 is 2.06 bits per heavy atom. The maximum atomic E-state index is 13.5. The molecular formula is C13H18ClFO. The van der Waals surface area contributed by atoms with Crippen molar-refractivity contribution in [1.82, 2.24) is 0 Å². The molecule has 0 aliphatic carbocycles. The van der Waals surface area contributed by atoms with Crippen LogP contribution >= 0.6 is 11.6 Å². The van der Waals surface area contributed by atoms with E-state index >= 15 is 0 Å². The zero-order valence-corrected chi connectivity index (χ0v) is 10.5. The van der Waals surface area contributed by atoms with E-state index in [1.807, 2.05) is 13.8 Å². The molecule has 3 heteroatoms. The van der Waals surface area contributed by atoms with Crippen LogP contribution in [0.2, 0.25) is 5.02 Å². The number of aryl methyl sites for hydroxylation is 1. The lowest BCUT2D eigenvalue weighted by atomic mass is 9.99. The van der Waals surface area contributed by atoms with Gasteiger partial charge in [0.05, 0.1) is 11.1 Å². The van der Waals surface area contributed by atoms with Gasteiger partial charge in [-0.05, 0) is 36.8 Å². The molecule has 1 aromatic rings. The summed E-state index contributed by atoms with van der Waals surface area (Å²) < 4.78 is 13.5. The average Bonchev–Trinajstić information content (AvgIpc) is 2.24. The molecule has 1 rings (SSSR count). The van der Waals surface area contributed by atoms with E-state index in [1.54, 1.807) is 18.2 Å². The molecule has 0 aliphatic rings. The molecule has 0 radical (unpaired) electrons. The van der Waals surface area contributed by atoms with Gasteiger partial charge in [0.25, 0.3) is 0 Å². The van der Waals surface area contributed by atoms with Gasteiger partial charge in [-0.15, -0.1) is 0 Å². The molecule has 16 heavy (non-hydrogen) atoms. The number of rotatable bonds is 5. The second-order valence-corrected chi connectivity index (χ2v) is 4.82. The SMILES string of the molecule is CC(C)C(O)CCCc1cccc(Cl)c1F. The Morgan fingerprint density at radius 3 is 2.69 bits per heavy atom. The molecule has 0 aliphatic heterocycles. The normalized spacial score (nSPS) is 13.1. The Morgan fingerprint density at radius 1 is 1.38 bits per heavy atom. The average molecular weight is 245 g/mol. The standard InChI is InChI=1S/C13H18ClFO/c1-9(2)12(16)8-4-6-10-5-3-7-11(14)13(10)15/h3,5,7,9,12,16H,4,6,8H2,1-2H3. The molecular weight excluding hydrogens is 227 g/mol. The zero-order chi connectivity index (χ0) is 12.1. The summed E-state index contributed by atoms with van der Waals surface area (Å²) in [5, 5.41) is 9.78. The summed E-state index contributed by atoms with van der Waals surface area (Å²) in [5.41, 5.74) is 0.628. The van der Waals surface area contributed by atoms with Crippen LogP contribution in [-0.2, 0) is 6.42 Å². The van der Waals surface area contributed by atoms with Gasteiger partial charge in [-0.1, -0.05) is 37.6 Å².